The van der Waals surface area contributed by atoms with Gasteiger partial charge in [-0.25, -0.2) is 9.59 Å². The Bertz CT molecular complexity index is 1050. The molecule has 0 saturated carbocycles. The number of hydrogen-bond acceptors (Lipinski definition) is 6. The molecule has 1 aliphatic rings. The Balaban J connectivity index is 1.67. The molecule has 1 heterocycles. The van der Waals surface area contributed by atoms with Crippen molar-refractivity contribution in [3.63, 3.8) is 0 Å². The van der Waals surface area contributed by atoms with E-state index >= 15 is 0 Å². The van der Waals surface area contributed by atoms with Gasteiger partial charge < -0.3 is 24.4 Å². The molecule has 1 fully saturated rings. The summed E-state index contributed by atoms with van der Waals surface area (Å²) in [6, 6.07) is 12.5. The Labute approximate surface area is 202 Å². The number of alkyl halides is 2. The summed E-state index contributed by atoms with van der Waals surface area (Å²) in [4.78, 5) is 38.0. The van der Waals surface area contributed by atoms with E-state index in [1.807, 2.05) is 0 Å². The number of benzene rings is 2. The Morgan fingerprint density at radius 2 is 1.77 bits per heavy atom. The fourth-order valence-corrected chi connectivity index (χ4v) is 4.01. The van der Waals surface area contributed by atoms with E-state index < -0.39 is 18.7 Å². The number of alkyl carbamates (subject to hydrolysis) is 1. The Hall–Kier alpha value is -3.69. The number of amides is 2. The average molecular weight is 491 g/mol. The van der Waals surface area contributed by atoms with Crippen molar-refractivity contribution >= 4 is 18.0 Å². The van der Waals surface area contributed by atoms with E-state index in [4.69, 9.17) is 9.47 Å². The molecule has 0 bridgehead atoms. The van der Waals surface area contributed by atoms with Gasteiger partial charge in [0, 0.05) is 32.0 Å². The van der Waals surface area contributed by atoms with E-state index in [0.29, 0.717) is 13.0 Å². The first kappa shape index (κ1) is 25.9. The highest BCUT2D eigenvalue weighted by Gasteiger charge is 2.35. The number of nitrogens with zero attached hydrogens (tertiary/aromatic N) is 1. The second-order valence-corrected chi connectivity index (χ2v) is 8.43. The van der Waals surface area contributed by atoms with Crippen LogP contribution in [-0.2, 0) is 9.53 Å². The number of carbonyl (C=O) groups excluding carboxylic acids is 3. The maximum atomic E-state index is 12.8. The largest absolute Gasteiger partial charge is 0.487 e. The minimum Gasteiger partial charge on any atom is -0.487 e. The van der Waals surface area contributed by atoms with Gasteiger partial charge in [0.25, 0.3) is 0 Å². The fraction of sp³-hybridized carbons (Fsp3) is 0.400. The topological polar surface area (TPSA) is 94.2 Å². The molecular formula is C25H28F2N2O6. The molecule has 10 heteroatoms. The van der Waals surface area contributed by atoms with Gasteiger partial charge in [0.05, 0.1) is 11.7 Å². The quantitative estimate of drug-likeness (QED) is 0.437. The summed E-state index contributed by atoms with van der Waals surface area (Å²) in [6.07, 6.45) is -0.668. The van der Waals surface area contributed by atoms with Gasteiger partial charge in [0.15, 0.2) is 11.5 Å². The summed E-state index contributed by atoms with van der Waals surface area (Å²) in [5.41, 5.74) is 1.03. The average Bonchev–Trinajstić information content (AvgIpc) is 3.23. The highest BCUT2D eigenvalue weighted by Crippen LogP contribution is 2.37. The molecular weight excluding hydrogens is 462 g/mol. The molecule has 0 aliphatic carbocycles. The molecule has 1 unspecified atom stereocenters. The van der Waals surface area contributed by atoms with Crippen LogP contribution in [0, 0.1) is 0 Å². The molecule has 0 aromatic heterocycles. The minimum absolute atomic E-state index is 0.0667. The van der Waals surface area contributed by atoms with Crippen molar-refractivity contribution in [1.29, 1.82) is 0 Å². The summed E-state index contributed by atoms with van der Waals surface area (Å²) < 4.78 is 40.6. The van der Waals surface area contributed by atoms with E-state index in [1.165, 1.54) is 25.1 Å². The first-order valence-electron chi connectivity index (χ1n) is 11.2. The molecule has 2 aromatic carbocycles. The normalized spacial score (nSPS) is 17.4. The fourth-order valence-electron chi connectivity index (χ4n) is 4.01. The first-order valence-corrected chi connectivity index (χ1v) is 11.2. The Morgan fingerprint density at radius 1 is 1.06 bits per heavy atom. The maximum absolute atomic E-state index is 12.8. The van der Waals surface area contributed by atoms with Crippen LogP contribution in [-0.4, -0.2) is 54.7 Å². The molecule has 2 atom stereocenters. The van der Waals surface area contributed by atoms with Crippen molar-refractivity contribution in [3.8, 4) is 11.5 Å². The number of carbonyl (C=O) groups is 3. The second-order valence-electron chi connectivity index (χ2n) is 8.43. The summed E-state index contributed by atoms with van der Waals surface area (Å²) in [5.74, 6) is -0.952. The van der Waals surface area contributed by atoms with E-state index in [1.54, 1.807) is 49.1 Å². The lowest BCUT2D eigenvalue weighted by Gasteiger charge is -2.23. The van der Waals surface area contributed by atoms with Crippen LogP contribution in [0.5, 0.6) is 11.5 Å². The molecule has 2 amide bonds. The zero-order valence-corrected chi connectivity index (χ0v) is 19.7. The van der Waals surface area contributed by atoms with Gasteiger partial charge in [-0.15, -0.1) is 0 Å². The van der Waals surface area contributed by atoms with E-state index in [0.717, 1.165) is 5.56 Å². The molecule has 2 aromatic rings. The standard InChI is InChI=1S/C25H28F2N2O6/c1-15(2)33-22-12-18(9-10-21(22)34-24(26)27)19-11-20(29(14-19)16(3)30)13-28-25(32)35-23(31)17-7-5-4-6-8-17/h4-10,12,15,19-20,24H,11,13-14H2,1-3H3,(H,28,32)/t19?,20-/m1/s1. The zero-order valence-electron chi connectivity index (χ0n) is 19.7. The van der Waals surface area contributed by atoms with Crippen molar-refractivity contribution in [2.45, 2.75) is 51.9 Å². The van der Waals surface area contributed by atoms with Crippen LogP contribution in [0.4, 0.5) is 13.6 Å². The third-order valence-electron chi connectivity index (χ3n) is 5.51. The van der Waals surface area contributed by atoms with Crippen LogP contribution >= 0.6 is 0 Å². The van der Waals surface area contributed by atoms with E-state index in [9.17, 15) is 23.2 Å². The van der Waals surface area contributed by atoms with Gasteiger partial charge in [-0.1, -0.05) is 24.3 Å². The molecule has 0 radical (unpaired) electrons. The summed E-state index contributed by atoms with van der Waals surface area (Å²) in [7, 11) is 0. The monoisotopic (exact) mass is 490 g/mol. The molecule has 35 heavy (non-hydrogen) atoms. The first-order chi connectivity index (χ1) is 16.6. The summed E-state index contributed by atoms with van der Waals surface area (Å²) >= 11 is 0. The maximum Gasteiger partial charge on any atom is 0.415 e. The number of likely N-dealkylation sites (tertiary alicyclic amines) is 1. The van der Waals surface area contributed by atoms with Gasteiger partial charge in [-0.3, -0.25) is 4.79 Å². The Morgan fingerprint density at radius 3 is 2.40 bits per heavy atom. The van der Waals surface area contributed by atoms with Crippen LogP contribution in [0.25, 0.3) is 0 Å². The van der Waals surface area contributed by atoms with Crippen molar-refractivity contribution in [3.05, 3.63) is 59.7 Å². The number of esters is 1. The lowest BCUT2D eigenvalue weighted by Crippen LogP contribution is -2.42. The number of ether oxygens (including phenoxy) is 3. The Kier molecular flexibility index (Phi) is 8.62. The minimum atomic E-state index is -2.99. The molecule has 8 nitrogen and oxygen atoms in total. The van der Waals surface area contributed by atoms with Gasteiger partial charge in [-0.05, 0) is 50.1 Å². The predicted molar refractivity (Wildman–Crippen MR) is 123 cm³/mol. The van der Waals surface area contributed by atoms with Gasteiger partial charge in [0.1, 0.15) is 0 Å². The third kappa shape index (κ3) is 7.14. The number of hydrogen-bond donors (Lipinski definition) is 1. The number of halogens is 2. The lowest BCUT2D eigenvalue weighted by atomic mass is 9.96. The van der Waals surface area contributed by atoms with Crippen molar-refractivity contribution in [1.82, 2.24) is 10.2 Å². The molecule has 0 spiro atoms. The highest BCUT2D eigenvalue weighted by molar-refractivity contribution is 5.96. The number of nitrogens with one attached hydrogen (secondary N) is 1. The third-order valence-corrected chi connectivity index (χ3v) is 5.51. The van der Waals surface area contributed by atoms with Crippen LogP contribution in [0.3, 0.4) is 0 Å². The van der Waals surface area contributed by atoms with Gasteiger partial charge >= 0.3 is 18.7 Å². The summed E-state index contributed by atoms with van der Waals surface area (Å²) in [5, 5.41) is 2.55. The van der Waals surface area contributed by atoms with Crippen molar-refractivity contribution in [2.75, 3.05) is 13.1 Å². The van der Waals surface area contributed by atoms with Crippen molar-refractivity contribution < 1.29 is 37.4 Å². The molecule has 188 valence electrons. The van der Waals surface area contributed by atoms with Crippen LogP contribution in [0.2, 0.25) is 0 Å². The van der Waals surface area contributed by atoms with E-state index in [-0.39, 0.29) is 47.6 Å². The molecule has 3 rings (SSSR count). The predicted octanol–water partition coefficient (Wildman–Crippen LogP) is 4.35. The lowest BCUT2D eigenvalue weighted by molar-refractivity contribution is -0.129. The smallest absolute Gasteiger partial charge is 0.415 e. The molecule has 1 saturated heterocycles. The van der Waals surface area contributed by atoms with Gasteiger partial charge in [-0.2, -0.15) is 8.78 Å². The SMILES string of the molecule is CC(=O)N1CC(c2ccc(OC(F)F)c(OC(C)C)c2)C[C@@H]1CNC(=O)OC(=O)c1ccccc1. The van der Waals surface area contributed by atoms with Crippen LogP contribution < -0.4 is 14.8 Å². The number of rotatable bonds is 8. The van der Waals surface area contributed by atoms with Crippen LogP contribution in [0.1, 0.15) is 49.0 Å². The highest BCUT2D eigenvalue weighted by atomic mass is 19.3. The summed E-state index contributed by atoms with van der Waals surface area (Å²) in [6.45, 7) is 2.44. The second kappa shape index (κ2) is 11.6. The molecule has 1 N–H and O–H groups in total. The van der Waals surface area contributed by atoms with E-state index in [2.05, 4.69) is 10.1 Å². The van der Waals surface area contributed by atoms with Crippen molar-refractivity contribution in [2.24, 2.45) is 0 Å². The van der Waals surface area contributed by atoms with Gasteiger partial charge in [0.2, 0.25) is 5.91 Å². The molecule has 1 aliphatic heterocycles. The zero-order chi connectivity index (χ0) is 25.5. The van der Waals surface area contributed by atoms with Crippen LogP contribution in [0.15, 0.2) is 48.5 Å².